The Labute approximate surface area is 453 Å². The summed E-state index contributed by atoms with van der Waals surface area (Å²) in [6, 6.07) is 13.1. The lowest BCUT2D eigenvalue weighted by Gasteiger charge is -2.34. The molecule has 0 heterocycles. The van der Waals surface area contributed by atoms with Gasteiger partial charge in [-0.3, -0.25) is 20.2 Å². The highest BCUT2D eigenvalue weighted by Gasteiger charge is 2.19. The molecule has 6 N–H and O–H groups in total. The molecule has 0 bridgehead atoms. The summed E-state index contributed by atoms with van der Waals surface area (Å²) >= 11 is 21.2. The number of hydrogen-bond donors (Lipinski definition) is 2. The van der Waals surface area contributed by atoms with Gasteiger partial charge in [0.25, 0.3) is 11.4 Å². The molecule has 0 fully saturated rings. The predicted molar refractivity (Wildman–Crippen MR) is 304 cm³/mol. The normalized spacial score (nSPS) is 8.84. The number of nitrogens with zero attached hydrogens (tertiary/aromatic N) is 4. The van der Waals surface area contributed by atoms with Gasteiger partial charge in [-0.15, -0.1) is 24.0 Å². The lowest BCUT2D eigenvalue weighted by Crippen LogP contribution is -3.00. The number of rotatable bonds is 16. The van der Waals surface area contributed by atoms with E-state index >= 15 is 0 Å². The maximum atomic E-state index is 10.7. The Bertz CT molecular complexity index is 923. The number of quaternary nitrogens is 2. The summed E-state index contributed by atoms with van der Waals surface area (Å²) in [7, 11) is 9.06. The van der Waals surface area contributed by atoms with Gasteiger partial charge in [0.2, 0.25) is 0 Å². The van der Waals surface area contributed by atoms with Gasteiger partial charge in [-0.2, -0.15) is 0 Å². The first kappa shape index (κ1) is 76.4. The van der Waals surface area contributed by atoms with Crippen LogP contribution in [0.25, 0.3) is 0 Å². The number of nitro groups is 2. The SMILES string of the molecule is C[N+](C)(CCCNc1ccc([N+](=O)[O-])cc1)CCC[N+](C)(C)CCCNc1ccc([N+](=O)[O-])cc1.I.II.II.II.II.II.O.O.[Br-].[Br-]. The van der Waals surface area contributed by atoms with Gasteiger partial charge in [0, 0.05) is 254 Å². The second-order valence-corrected chi connectivity index (χ2v) is 10.3. The van der Waals surface area contributed by atoms with Crippen molar-refractivity contribution in [3.05, 3.63) is 68.8 Å². The minimum Gasteiger partial charge on any atom is -1.00 e. The number of hydrogen-bond acceptors (Lipinski definition) is 6. The van der Waals surface area contributed by atoms with Crippen molar-refractivity contribution in [3.63, 3.8) is 0 Å². The van der Waals surface area contributed by atoms with Crippen LogP contribution in [0.15, 0.2) is 48.5 Å². The molecule has 2 rings (SSSR count). The van der Waals surface area contributed by atoms with Crippen molar-refractivity contribution in [1.82, 2.24) is 0 Å². The Morgan fingerprint density at radius 3 is 0.960 bits per heavy atom. The van der Waals surface area contributed by atoms with Gasteiger partial charge in [-0.1, -0.05) is 0 Å². The Morgan fingerprint density at radius 1 is 0.520 bits per heavy atom. The van der Waals surface area contributed by atoms with Gasteiger partial charge in [0.05, 0.1) is 64.2 Å². The molecule has 0 radical (unpaired) electrons. The zero-order valence-corrected chi connectivity index (χ0v) is 54.4. The molecular weight excluding hydrogens is 2040 g/mol. The first-order valence-corrected chi connectivity index (χ1v) is 44.2. The lowest BCUT2D eigenvalue weighted by atomic mass is 10.2. The molecule has 12 nitrogen and oxygen atoms in total. The van der Waals surface area contributed by atoms with Crippen molar-refractivity contribution >= 4 is 233 Å². The Kier molecular flexibility index (Phi) is 80.5. The van der Waals surface area contributed by atoms with Gasteiger partial charge in [-0.25, -0.2) is 0 Å². The highest BCUT2D eigenvalue weighted by Crippen LogP contribution is 2.16. The molecule has 0 saturated carbocycles. The van der Waals surface area contributed by atoms with Gasteiger partial charge in [0.15, 0.2) is 0 Å². The van der Waals surface area contributed by atoms with E-state index < -0.39 is 0 Å². The quantitative estimate of drug-likeness (QED) is 0.0668. The fraction of sp³-hybridized carbons (Fsp3) is 0.520. The summed E-state index contributed by atoms with van der Waals surface area (Å²) in [5.74, 6) is 0. The molecule has 0 aliphatic rings. The van der Waals surface area contributed by atoms with Crippen LogP contribution in [0, 0.1) is 20.2 Å². The summed E-state index contributed by atoms with van der Waals surface area (Å²) < 4.78 is 1.92. The van der Waals surface area contributed by atoms with E-state index in [1.807, 2.05) is 0 Å². The molecule has 25 heteroatoms. The zero-order valence-electron chi connectivity index (χ0n) is 27.3. The van der Waals surface area contributed by atoms with Crippen LogP contribution in [0.2, 0.25) is 0 Å². The number of halogens is 13. The fourth-order valence-electron chi connectivity index (χ4n) is 4.03. The van der Waals surface area contributed by atoms with Gasteiger partial charge >= 0.3 is 0 Å². The van der Waals surface area contributed by atoms with Gasteiger partial charge in [-0.05, 0) is 24.3 Å². The first-order valence-electron chi connectivity index (χ1n) is 12.8. The van der Waals surface area contributed by atoms with Crippen LogP contribution in [0.4, 0.5) is 22.7 Å². The molecule has 0 atom stereocenters. The summed E-state index contributed by atoms with van der Waals surface area (Å²) in [6.45, 7) is 6.02. The monoisotopic (exact) mass is 2080 g/mol. The first-order chi connectivity index (χ1) is 21.5. The van der Waals surface area contributed by atoms with Crippen molar-refractivity contribution in [2.45, 2.75) is 19.3 Å². The van der Waals surface area contributed by atoms with Crippen LogP contribution >= 0.6 is 210 Å². The van der Waals surface area contributed by atoms with E-state index in [1.54, 1.807) is 24.3 Å². The van der Waals surface area contributed by atoms with E-state index in [0.717, 1.165) is 78.9 Å². The molecular formula is C25H45Br2I11N6O6. The molecule has 0 aliphatic heterocycles. The Morgan fingerprint density at radius 2 is 0.740 bits per heavy atom. The number of benzene rings is 2. The topological polar surface area (TPSA) is 173 Å². The van der Waals surface area contributed by atoms with E-state index in [9.17, 15) is 20.2 Å². The summed E-state index contributed by atoms with van der Waals surface area (Å²) in [6.07, 6.45) is 3.19. The minimum atomic E-state index is -0.386. The molecule has 0 unspecified atom stereocenters. The van der Waals surface area contributed by atoms with Crippen LogP contribution < -0.4 is 44.6 Å². The van der Waals surface area contributed by atoms with Crippen molar-refractivity contribution in [2.75, 3.05) is 78.1 Å². The molecule has 0 aromatic heterocycles. The Balaban J connectivity index is -0.000000147. The lowest BCUT2D eigenvalue weighted by molar-refractivity contribution is -0.909. The number of nitro benzene ring substituents is 2. The third-order valence-electron chi connectivity index (χ3n) is 6.22. The van der Waals surface area contributed by atoms with E-state index in [2.05, 4.69) is 225 Å². The molecule has 50 heavy (non-hydrogen) atoms. The van der Waals surface area contributed by atoms with E-state index in [1.165, 1.54) is 24.3 Å². The second-order valence-electron chi connectivity index (χ2n) is 10.3. The van der Waals surface area contributed by atoms with E-state index in [0.29, 0.717) is 0 Å². The number of anilines is 2. The standard InChI is InChI=1S/C25H40N6O4.2BrH.5I2.HI.2H2O/c1-30(2,18-5-16-26-22-8-12-24(13-9-22)28(32)33)20-7-21-31(3,4)19-6-17-27-23-10-14-25(15-11-23)29(34)35;;;5*1-2;;;/h8-15,26-27H,5-7,16-21H2,1-4H3;2*1H;;;;;;1H;2*1H2/q+2;;;;;;;;;;/p-2. The fourth-order valence-corrected chi connectivity index (χ4v) is 4.03. The third kappa shape index (κ3) is 44.8. The van der Waals surface area contributed by atoms with Crippen LogP contribution in [-0.2, 0) is 0 Å². The smallest absolute Gasteiger partial charge is 0.269 e. The van der Waals surface area contributed by atoms with Gasteiger partial charge < -0.3 is 64.5 Å². The summed E-state index contributed by atoms with van der Waals surface area (Å²) in [5, 5.41) is 28.2. The molecule has 0 aliphatic carbocycles. The highest BCUT2D eigenvalue weighted by molar-refractivity contribution is 15.0. The summed E-state index contributed by atoms with van der Waals surface area (Å²) in [4.78, 5) is 20.7. The molecule has 0 saturated heterocycles. The van der Waals surface area contributed by atoms with Crippen LogP contribution in [0.5, 0.6) is 0 Å². The number of nitrogens with one attached hydrogen (secondary N) is 2. The van der Waals surface area contributed by atoms with Crippen LogP contribution in [0.1, 0.15) is 19.3 Å². The molecule has 2 aromatic carbocycles. The van der Waals surface area contributed by atoms with E-state index in [-0.39, 0.29) is 90.1 Å². The molecule has 302 valence electrons. The van der Waals surface area contributed by atoms with Crippen molar-refractivity contribution < 1.29 is 63.7 Å². The molecule has 0 spiro atoms. The summed E-state index contributed by atoms with van der Waals surface area (Å²) in [5.41, 5.74) is 2.02. The van der Waals surface area contributed by atoms with Crippen LogP contribution in [0.3, 0.4) is 0 Å². The van der Waals surface area contributed by atoms with Crippen LogP contribution in [-0.4, -0.2) is 97.2 Å². The predicted octanol–water partition coefficient (Wildman–Crippen LogP) is 6.18. The minimum absolute atomic E-state index is 0. The Hall–Kier alpha value is 5.67. The average molecular weight is 2080 g/mol. The zero-order chi connectivity index (χ0) is 35.9. The maximum absolute atomic E-state index is 10.7. The maximum Gasteiger partial charge on any atom is 0.269 e. The number of non-ortho nitro benzene ring substituents is 2. The second kappa shape index (κ2) is 52.7. The third-order valence-corrected chi connectivity index (χ3v) is 6.22. The molecule has 0 amide bonds. The van der Waals surface area contributed by atoms with Crippen molar-refractivity contribution in [1.29, 1.82) is 0 Å². The highest BCUT2D eigenvalue weighted by atomic mass is 128. The van der Waals surface area contributed by atoms with Gasteiger partial charge in [0.1, 0.15) is 0 Å². The largest absolute Gasteiger partial charge is 1.00 e. The van der Waals surface area contributed by atoms with Crippen molar-refractivity contribution in [2.24, 2.45) is 0 Å². The van der Waals surface area contributed by atoms with Crippen molar-refractivity contribution in [3.8, 4) is 0 Å². The van der Waals surface area contributed by atoms with E-state index in [4.69, 9.17) is 0 Å². The molecule has 2 aromatic rings. The average Bonchev–Trinajstić information content (AvgIpc) is 3.06.